The zero-order valence-electron chi connectivity index (χ0n) is 13.5. The lowest BCUT2D eigenvalue weighted by atomic mass is 9.75. The standard InChI is InChI=1S/C18H28ClNO/c1-18(2,3)15-8-11-20(12-9-15)13-10-17(21)14-4-6-16(19)7-5-14/h4-7,15,17,21H,8-13H2,1-3H3. The molecule has 2 nitrogen and oxygen atoms in total. The highest BCUT2D eigenvalue weighted by molar-refractivity contribution is 6.30. The first-order chi connectivity index (χ1) is 9.86. The van der Waals surface area contributed by atoms with Crippen molar-refractivity contribution in [1.82, 2.24) is 4.90 Å². The Balaban J connectivity index is 1.76. The predicted molar refractivity (Wildman–Crippen MR) is 89.6 cm³/mol. The van der Waals surface area contributed by atoms with E-state index in [0.29, 0.717) is 5.41 Å². The van der Waals surface area contributed by atoms with Crippen molar-refractivity contribution in [3.05, 3.63) is 34.9 Å². The van der Waals surface area contributed by atoms with Gasteiger partial charge in [-0.25, -0.2) is 0 Å². The summed E-state index contributed by atoms with van der Waals surface area (Å²) < 4.78 is 0. The fourth-order valence-corrected chi connectivity index (χ4v) is 3.31. The van der Waals surface area contributed by atoms with E-state index in [-0.39, 0.29) is 6.10 Å². The molecule has 1 fully saturated rings. The highest BCUT2D eigenvalue weighted by atomic mass is 35.5. The molecule has 1 aliphatic heterocycles. The van der Waals surface area contributed by atoms with Crippen LogP contribution in [0.3, 0.4) is 0 Å². The molecule has 0 saturated carbocycles. The summed E-state index contributed by atoms with van der Waals surface area (Å²) in [7, 11) is 0. The van der Waals surface area contributed by atoms with E-state index in [0.717, 1.165) is 42.6 Å². The van der Waals surface area contributed by atoms with E-state index in [1.54, 1.807) is 0 Å². The number of rotatable bonds is 4. The zero-order chi connectivity index (χ0) is 15.5. The second-order valence-electron chi connectivity index (χ2n) is 7.34. The number of nitrogens with zero attached hydrogens (tertiary/aromatic N) is 1. The van der Waals surface area contributed by atoms with Gasteiger partial charge in [0.1, 0.15) is 0 Å². The summed E-state index contributed by atoms with van der Waals surface area (Å²) in [6, 6.07) is 7.52. The van der Waals surface area contributed by atoms with Gasteiger partial charge in [0, 0.05) is 11.6 Å². The molecule has 0 spiro atoms. The van der Waals surface area contributed by atoms with Crippen LogP contribution in [0.25, 0.3) is 0 Å². The molecule has 1 atom stereocenters. The third kappa shape index (κ3) is 4.98. The summed E-state index contributed by atoms with van der Waals surface area (Å²) in [4.78, 5) is 2.49. The third-order valence-electron chi connectivity index (χ3n) is 4.79. The lowest BCUT2D eigenvalue weighted by Crippen LogP contribution is -2.38. The lowest BCUT2D eigenvalue weighted by molar-refractivity contribution is 0.0915. The Morgan fingerprint density at radius 2 is 1.76 bits per heavy atom. The van der Waals surface area contributed by atoms with Gasteiger partial charge in [0.2, 0.25) is 0 Å². The number of halogens is 1. The molecular weight excluding hydrogens is 282 g/mol. The first-order valence-corrected chi connectivity index (χ1v) is 8.40. The molecule has 3 heteroatoms. The van der Waals surface area contributed by atoms with Crippen LogP contribution in [0.5, 0.6) is 0 Å². The molecule has 2 rings (SSSR count). The van der Waals surface area contributed by atoms with E-state index in [4.69, 9.17) is 11.6 Å². The summed E-state index contributed by atoms with van der Waals surface area (Å²) in [6.45, 7) is 10.3. The van der Waals surface area contributed by atoms with Crippen molar-refractivity contribution in [2.45, 2.75) is 46.1 Å². The number of aliphatic hydroxyl groups excluding tert-OH is 1. The number of aliphatic hydroxyl groups is 1. The van der Waals surface area contributed by atoms with Gasteiger partial charge in [-0.05, 0) is 61.4 Å². The minimum absolute atomic E-state index is 0.386. The summed E-state index contributed by atoms with van der Waals surface area (Å²) in [5.74, 6) is 0.829. The molecule has 1 heterocycles. The summed E-state index contributed by atoms with van der Waals surface area (Å²) in [5, 5.41) is 11.0. The number of hydrogen-bond donors (Lipinski definition) is 1. The molecule has 1 aliphatic rings. The number of piperidine rings is 1. The Hall–Kier alpha value is -0.570. The van der Waals surface area contributed by atoms with Gasteiger partial charge in [-0.2, -0.15) is 0 Å². The van der Waals surface area contributed by atoms with Gasteiger partial charge in [0.15, 0.2) is 0 Å². The molecule has 1 saturated heterocycles. The monoisotopic (exact) mass is 309 g/mol. The first-order valence-electron chi connectivity index (χ1n) is 8.02. The molecule has 1 N–H and O–H groups in total. The minimum Gasteiger partial charge on any atom is -0.388 e. The van der Waals surface area contributed by atoms with Crippen LogP contribution in [0.1, 0.15) is 51.7 Å². The summed E-state index contributed by atoms with van der Waals surface area (Å²) >= 11 is 5.88. The average molecular weight is 310 g/mol. The van der Waals surface area contributed by atoms with Gasteiger partial charge in [-0.3, -0.25) is 0 Å². The van der Waals surface area contributed by atoms with E-state index in [2.05, 4.69) is 25.7 Å². The van der Waals surface area contributed by atoms with E-state index >= 15 is 0 Å². The topological polar surface area (TPSA) is 23.5 Å². The molecular formula is C18H28ClNO. The van der Waals surface area contributed by atoms with Crippen LogP contribution in [-0.4, -0.2) is 29.6 Å². The van der Waals surface area contributed by atoms with Crippen molar-refractivity contribution in [2.24, 2.45) is 11.3 Å². The third-order valence-corrected chi connectivity index (χ3v) is 5.04. The molecule has 21 heavy (non-hydrogen) atoms. The van der Waals surface area contributed by atoms with Gasteiger partial charge in [0.25, 0.3) is 0 Å². The van der Waals surface area contributed by atoms with Crippen LogP contribution in [0.2, 0.25) is 5.02 Å². The van der Waals surface area contributed by atoms with E-state index in [1.165, 1.54) is 12.8 Å². The number of hydrogen-bond acceptors (Lipinski definition) is 2. The maximum Gasteiger partial charge on any atom is 0.0802 e. The smallest absolute Gasteiger partial charge is 0.0802 e. The van der Waals surface area contributed by atoms with Crippen molar-refractivity contribution in [2.75, 3.05) is 19.6 Å². The van der Waals surface area contributed by atoms with Gasteiger partial charge >= 0.3 is 0 Å². The Bertz CT molecular complexity index is 430. The maximum atomic E-state index is 10.3. The Morgan fingerprint density at radius 3 is 2.29 bits per heavy atom. The molecule has 0 bridgehead atoms. The van der Waals surface area contributed by atoms with E-state index in [9.17, 15) is 5.11 Å². The van der Waals surface area contributed by atoms with E-state index in [1.807, 2.05) is 24.3 Å². The second-order valence-corrected chi connectivity index (χ2v) is 7.77. The average Bonchev–Trinajstić information content (AvgIpc) is 2.45. The van der Waals surface area contributed by atoms with Gasteiger partial charge in [-0.1, -0.05) is 44.5 Å². The number of likely N-dealkylation sites (tertiary alicyclic amines) is 1. The molecule has 0 aromatic heterocycles. The van der Waals surface area contributed by atoms with Crippen LogP contribution in [-0.2, 0) is 0 Å². The Kier molecular flexibility index (Phi) is 5.70. The quantitative estimate of drug-likeness (QED) is 0.884. The highest BCUT2D eigenvalue weighted by Gasteiger charge is 2.28. The Labute approximate surface area is 134 Å². The Morgan fingerprint density at radius 1 is 1.19 bits per heavy atom. The summed E-state index contributed by atoms with van der Waals surface area (Å²) in [5.41, 5.74) is 1.39. The van der Waals surface area contributed by atoms with Crippen LogP contribution < -0.4 is 0 Å². The molecule has 1 aromatic rings. The molecule has 0 radical (unpaired) electrons. The largest absolute Gasteiger partial charge is 0.388 e. The van der Waals surface area contributed by atoms with E-state index < -0.39 is 0 Å². The van der Waals surface area contributed by atoms with Crippen molar-refractivity contribution < 1.29 is 5.11 Å². The van der Waals surface area contributed by atoms with Crippen molar-refractivity contribution >= 4 is 11.6 Å². The second kappa shape index (κ2) is 7.13. The highest BCUT2D eigenvalue weighted by Crippen LogP contribution is 2.34. The molecule has 0 aliphatic carbocycles. The fraction of sp³-hybridized carbons (Fsp3) is 0.667. The lowest BCUT2D eigenvalue weighted by Gasteiger charge is -2.39. The molecule has 1 aromatic carbocycles. The maximum absolute atomic E-state index is 10.3. The summed E-state index contributed by atoms with van der Waals surface area (Å²) in [6.07, 6.45) is 2.96. The molecule has 1 unspecified atom stereocenters. The molecule has 0 amide bonds. The van der Waals surface area contributed by atoms with Crippen molar-refractivity contribution in [1.29, 1.82) is 0 Å². The fourth-order valence-electron chi connectivity index (χ4n) is 3.18. The predicted octanol–water partition coefficient (Wildman–Crippen LogP) is 4.52. The van der Waals surface area contributed by atoms with Gasteiger partial charge in [0.05, 0.1) is 6.10 Å². The normalized spacial score (nSPS) is 19.7. The van der Waals surface area contributed by atoms with Crippen molar-refractivity contribution in [3.8, 4) is 0 Å². The van der Waals surface area contributed by atoms with Crippen LogP contribution in [0, 0.1) is 11.3 Å². The van der Waals surface area contributed by atoms with Crippen LogP contribution >= 0.6 is 11.6 Å². The minimum atomic E-state index is -0.386. The zero-order valence-corrected chi connectivity index (χ0v) is 14.2. The van der Waals surface area contributed by atoms with Gasteiger partial charge in [-0.15, -0.1) is 0 Å². The van der Waals surface area contributed by atoms with Crippen molar-refractivity contribution in [3.63, 3.8) is 0 Å². The first kappa shape index (κ1) is 16.8. The van der Waals surface area contributed by atoms with Crippen LogP contribution in [0.4, 0.5) is 0 Å². The van der Waals surface area contributed by atoms with Gasteiger partial charge < -0.3 is 10.0 Å². The number of benzene rings is 1. The van der Waals surface area contributed by atoms with Crippen LogP contribution in [0.15, 0.2) is 24.3 Å². The SMILES string of the molecule is CC(C)(C)C1CCN(CCC(O)c2ccc(Cl)cc2)CC1. The molecule has 118 valence electrons.